The summed E-state index contributed by atoms with van der Waals surface area (Å²) >= 11 is 7.44. The van der Waals surface area contributed by atoms with Crippen LogP contribution in [0.1, 0.15) is 15.9 Å². The van der Waals surface area contributed by atoms with Crippen molar-refractivity contribution < 1.29 is 4.79 Å². The first-order valence-corrected chi connectivity index (χ1v) is 8.58. The fourth-order valence-corrected chi connectivity index (χ4v) is 3.95. The van der Waals surface area contributed by atoms with Gasteiger partial charge in [0.25, 0.3) is 0 Å². The number of benzene rings is 2. The first kappa shape index (κ1) is 16.2. The summed E-state index contributed by atoms with van der Waals surface area (Å²) in [6, 6.07) is 17.0. The molecule has 0 N–H and O–H groups in total. The number of thioether (sulfide) groups is 1. The van der Waals surface area contributed by atoms with Gasteiger partial charge in [0, 0.05) is 16.1 Å². The van der Waals surface area contributed by atoms with Crippen molar-refractivity contribution in [2.24, 2.45) is 4.99 Å². The lowest BCUT2D eigenvalue weighted by Gasteiger charge is -2.22. The summed E-state index contributed by atoms with van der Waals surface area (Å²) in [5, 5.41) is 1.30. The third kappa shape index (κ3) is 3.50. The first-order chi connectivity index (χ1) is 11.1. The Morgan fingerprint density at radius 3 is 2.35 bits per heavy atom. The zero-order chi connectivity index (χ0) is 16.4. The zero-order valence-electron chi connectivity index (χ0n) is 12.9. The average molecular weight is 345 g/mol. The van der Waals surface area contributed by atoms with Gasteiger partial charge in [0.2, 0.25) is 0 Å². The van der Waals surface area contributed by atoms with Crippen LogP contribution in [0.5, 0.6) is 0 Å². The number of ketones is 1. The number of hydrogen-bond donors (Lipinski definition) is 0. The number of rotatable bonds is 4. The van der Waals surface area contributed by atoms with Crippen molar-refractivity contribution in [1.29, 1.82) is 0 Å². The molecule has 0 saturated heterocycles. The molecule has 0 fully saturated rings. The Labute approximate surface area is 145 Å². The van der Waals surface area contributed by atoms with E-state index in [4.69, 9.17) is 16.6 Å². The van der Waals surface area contributed by atoms with Crippen LogP contribution in [0.25, 0.3) is 0 Å². The summed E-state index contributed by atoms with van der Waals surface area (Å²) in [6.45, 7) is 0. The highest BCUT2D eigenvalue weighted by Gasteiger charge is 2.37. The third-order valence-electron chi connectivity index (χ3n) is 3.70. The maximum Gasteiger partial charge on any atom is 0.179 e. The maximum atomic E-state index is 12.9. The molecule has 2 aromatic rings. The average Bonchev–Trinajstić information content (AvgIpc) is 3.01. The molecule has 0 unspecified atom stereocenters. The fraction of sp³-hybridized carbons (Fsp3) is 0.222. The predicted molar refractivity (Wildman–Crippen MR) is 97.6 cm³/mol. The Morgan fingerprint density at radius 1 is 1.09 bits per heavy atom. The quantitative estimate of drug-likeness (QED) is 0.787. The molecule has 2 aromatic carbocycles. The molecule has 0 aromatic heterocycles. The van der Waals surface area contributed by atoms with E-state index in [9.17, 15) is 4.79 Å². The number of carbonyl (C=O) groups is 1. The van der Waals surface area contributed by atoms with Crippen molar-refractivity contribution >= 4 is 34.2 Å². The van der Waals surface area contributed by atoms with Crippen LogP contribution in [0.4, 0.5) is 0 Å². The van der Waals surface area contributed by atoms with Gasteiger partial charge in [-0.3, -0.25) is 14.7 Å². The van der Waals surface area contributed by atoms with Gasteiger partial charge in [0.1, 0.15) is 16.5 Å². The second-order valence-electron chi connectivity index (χ2n) is 5.59. The highest BCUT2D eigenvalue weighted by molar-refractivity contribution is 8.15. The Morgan fingerprint density at radius 2 is 1.74 bits per heavy atom. The molecule has 118 valence electrons. The standard InChI is InChI=1S/C18H17ClN2OS/c1-21(2)17-16(15(22)12-8-10-14(19)11-9-12)23-18(20-17)13-6-4-3-5-7-13/h3-11,16-17H,1-2H3/t16-,17-/m0/s1. The number of aliphatic imine (C=N–C) groups is 1. The van der Waals surface area contributed by atoms with E-state index in [1.807, 2.05) is 49.3 Å². The number of hydrogen-bond acceptors (Lipinski definition) is 4. The van der Waals surface area contributed by atoms with Gasteiger partial charge in [0.15, 0.2) is 5.78 Å². The van der Waals surface area contributed by atoms with Gasteiger partial charge >= 0.3 is 0 Å². The van der Waals surface area contributed by atoms with Gasteiger partial charge in [-0.2, -0.15) is 0 Å². The molecule has 1 heterocycles. The van der Waals surface area contributed by atoms with Crippen LogP contribution in [0, 0.1) is 0 Å². The van der Waals surface area contributed by atoms with Crippen LogP contribution in [-0.2, 0) is 0 Å². The topological polar surface area (TPSA) is 32.7 Å². The molecule has 0 saturated carbocycles. The van der Waals surface area contributed by atoms with Crippen LogP contribution in [-0.4, -0.2) is 41.2 Å². The lowest BCUT2D eigenvalue weighted by atomic mass is 10.1. The van der Waals surface area contributed by atoms with Crippen LogP contribution in [0.15, 0.2) is 59.6 Å². The van der Waals surface area contributed by atoms with Crippen molar-refractivity contribution in [3.8, 4) is 0 Å². The smallest absolute Gasteiger partial charge is 0.179 e. The molecule has 5 heteroatoms. The number of halogens is 1. The largest absolute Gasteiger partial charge is 0.293 e. The Hall–Kier alpha value is -1.62. The van der Waals surface area contributed by atoms with Crippen molar-refractivity contribution in [3.05, 3.63) is 70.7 Å². The van der Waals surface area contributed by atoms with E-state index >= 15 is 0 Å². The van der Waals surface area contributed by atoms with Crippen molar-refractivity contribution in [3.63, 3.8) is 0 Å². The molecular formula is C18H17ClN2OS. The van der Waals surface area contributed by atoms with E-state index in [1.165, 1.54) is 11.8 Å². The van der Waals surface area contributed by atoms with E-state index in [0.29, 0.717) is 10.6 Å². The first-order valence-electron chi connectivity index (χ1n) is 7.32. The minimum Gasteiger partial charge on any atom is -0.293 e. The summed E-state index contributed by atoms with van der Waals surface area (Å²) in [7, 11) is 3.90. The Kier molecular flexibility index (Phi) is 4.85. The SMILES string of the molecule is CN(C)[C@@H]1N=C(c2ccccc2)S[C@H]1C(=O)c1ccc(Cl)cc1. The monoisotopic (exact) mass is 344 g/mol. The maximum absolute atomic E-state index is 12.9. The third-order valence-corrected chi connectivity index (χ3v) is 5.22. The summed E-state index contributed by atoms with van der Waals surface area (Å²) in [5.41, 5.74) is 1.72. The highest BCUT2D eigenvalue weighted by Crippen LogP contribution is 2.33. The van der Waals surface area contributed by atoms with Gasteiger partial charge in [0.05, 0.1) is 0 Å². The van der Waals surface area contributed by atoms with Crippen molar-refractivity contribution in [1.82, 2.24) is 4.90 Å². The second-order valence-corrected chi connectivity index (χ2v) is 7.15. The predicted octanol–water partition coefficient (Wildman–Crippen LogP) is 3.97. The van der Waals surface area contributed by atoms with Crippen LogP contribution >= 0.6 is 23.4 Å². The molecule has 23 heavy (non-hydrogen) atoms. The van der Waals surface area contributed by atoms with E-state index in [0.717, 1.165) is 10.6 Å². The van der Waals surface area contributed by atoms with Gasteiger partial charge in [-0.25, -0.2) is 0 Å². The summed E-state index contributed by atoms with van der Waals surface area (Å²) < 4.78 is 0. The number of nitrogens with zero attached hydrogens (tertiary/aromatic N) is 2. The molecule has 0 radical (unpaired) electrons. The van der Waals surface area contributed by atoms with Crippen molar-refractivity contribution in [2.75, 3.05) is 14.1 Å². The lowest BCUT2D eigenvalue weighted by Crippen LogP contribution is -2.37. The molecule has 0 aliphatic carbocycles. The van der Waals surface area contributed by atoms with Gasteiger partial charge in [-0.05, 0) is 38.4 Å². The molecule has 0 spiro atoms. The molecule has 2 atom stereocenters. The number of carbonyl (C=O) groups excluding carboxylic acids is 1. The Balaban J connectivity index is 1.88. The molecular weight excluding hydrogens is 328 g/mol. The zero-order valence-corrected chi connectivity index (χ0v) is 14.5. The molecule has 3 rings (SSSR count). The van der Waals surface area contributed by atoms with E-state index in [1.54, 1.807) is 24.3 Å². The fourth-order valence-electron chi connectivity index (χ4n) is 2.48. The number of Topliss-reactive ketones (excluding diaryl/α,β-unsaturated/α-hetero) is 1. The van der Waals surface area contributed by atoms with E-state index in [2.05, 4.69) is 0 Å². The minimum atomic E-state index is -0.249. The van der Waals surface area contributed by atoms with E-state index < -0.39 is 0 Å². The van der Waals surface area contributed by atoms with Gasteiger partial charge in [-0.1, -0.05) is 53.7 Å². The molecule has 3 nitrogen and oxygen atoms in total. The molecule has 0 bridgehead atoms. The van der Waals surface area contributed by atoms with Crippen LogP contribution in [0.3, 0.4) is 0 Å². The summed E-state index contributed by atoms with van der Waals surface area (Å²) in [5.74, 6) is 0.0834. The van der Waals surface area contributed by atoms with Crippen LogP contribution in [0.2, 0.25) is 5.02 Å². The summed E-state index contributed by atoms with van der Waals surface area (Å²) in [4.78, 5) is 19.6. The van der Waals surface area contributed by atoms with Gasteiger partial charge in [-0.15, -0.1) is 0 Å². The normalized spacial score (nSPS) is 20.6. The highest BCUT2D eigenvalue weighted by atomic mass is 35.5. The summed E-state index contributed by atoms with van der Waals surface area (Å²) in [6.07, 6.45) is -0.168. The lowest BCUT2D eigenvalue weighted by molar-refractivity contribution is 0.0959. The van der Waals surface area contributed by atoms with Crippen molar-refractivity contribution in [2.45, 2.75) is 11.4 Å². The molecule has 1 aliphatic rings. The molecule has 0 amide bonds. The van der Waals surface area contributed by atoms with Gasteiger partial charge < -0.3 is 0 Å². The van der Waals surface area contributed by atoms with E-state index in [-0.39, 0.29) is 17.2 Å². The second kappa shape index (κ2) is 6.87. The van der Waals surface area contributed by atoms with Crippen LogP contribution < -0.4 is 0 Å². The molecule has 1 aliphatic heterocycles. The Bertz CT molecular complexity index is 728. The minimum absolute atomic E-state index is 0.0834.